The molecule has 2 N–H and O–H groups in total. The van der Waals surface area contributed by atoms with Crippen molar-refractivity contribution in [2.24, 2.45) is 0 Å². The molecule has 2 aromatic heterocycles. The minimum Gasteiger partial charge on any atom is -0.481 e. The maximum absolute atomic E-state index is 13.6. The molecule has 4 rings (SSSR count). The molecule has 0 atom stereocenters. The molecule has 0 radical (unpaired) electrons. The van der Waals surface area contributed by atoms with Gasteiger partial charge < -0.3 is 9.67 Å². The number of aromatic nitrogens is 3. The van der Waals surface area contributed by atoms with Crippen LogP contribution in [0, 0.1) is 5.82 Å². The lowest BCUT2D eigenvalue weighted by molar-refractivity contribution is -0.137. The van der Waals surface area contributed by atoms with Gasteiger partial charge in [-0.1, -0.05) is 26.0 Å². The number of nitrogens with one attached hydrogen (secondary N) is 1. The largest absolute Gasteiger partial charge is 0.481 e. The topological polar surface area (TPSA) is 88.0 Å². The summed E-state index contributed by atoms with van der Waals surface area (Å²) in [4.78, 5) is 24.5. The van der Waals surface area contributed by atoms with Crippen LogP contribution in [0.15, 0.2) is 47.4 Å². The van der Waals surface area contributed by atoms with E-state index in [2.05, 4.69) is 10.2 Å². The maximum atomic E-state index is 13.6. The Bertz CT molecular complexity index is 1290. The van der Waals surface area contributed by atoms with Crippen molar-refractivity contribution in [1.29, 1.82) is 0 Å². The smallest absolute Gasteiger partial charge is 0.305 e. The van der Waals surface area contributed by atoms with Crippen molar-refractivity contribution in [3.63, 3.8) is 0 Å². The zero-order valence-corrected chi connectivity index (χ0v) is 16.1. The van der Waals surface area contributed by atoms with Crippen LogP contribution in [-0.2, 0) is 11.3 Å². The van der Waals surface area contributed by atoms with Crippen LogP contribution in [0.2, 0.25) is 0 Å². The Kier molecular flexibility index (Phi) is 4.66. The molecular weight excluding hydrogens is 373 g/mol. The van der Waals surface area contributed by atoms with Crippen molar-refractivity contribution in [2.75, 3.05) is 0 Å². The summed E-state index contributed by atoms with van der Waals surface area (Å²) in [5.74, 6) is -1.37. The van der Waals surface area contributed by atoms with E-state index < -0.39 is 5.97 Å². The SMILES string of the molecule is CC(C)c1c(-c2ccc(F)cc2)c2cc3cn[nH]c3cc2c(=O)n1CCC(=O)O. The summed E-state index contributed by atoms with van der Waals surface area (Å²) < 4.78 is 15.1. The fraction of sp³-hybridized carbons (Fsp3) is 0.227. The van der Waals surface area contributed by atoms with E-state index in [1.54, 1.807) is 29.0 Å². The van der Waals surface area contributed by atoms with Crippen molar-refractivity contribution in [2.45, 2.75) is 32.7 Å². The molecule has 0 bridgehead atoms. The Morgan fingerprint density at radius 2 is 1.93 bits per heavy atom. The lowest BCUT2D eigenvalue weighted by Gasteiger charge is -2.22. The standard InChI is InChI=1S/C22H20FN3O3/c1-12(2)21-20(13-3-5-15(23)6-4-13)16-9-14-11-24-25-18(14)10-17(16)22(29)26(21)8-7-19(27)28/h3-6,9-12H,7-8H2,1-2H3,(H,24,25)(H,27,28). The van der Waals surface area contributed by atoms with E-state index in [1.165, 1.54) is 12.1 Å². The van der Waals surface area contributed by atoms with Crippen LogP contribution < -0.4 is 5.56 Å². The highest BCUT2D eigenvalue weighted by Crippen LogP contribution is 2.36. The number of aliphatic carboxylic acids is 1. The Morgan fingerprint density at radius 3 is 2.59 bits per heavy atom. The molecule has 0 unspecified atom stereocenters. The number of H-pyrrole nitrogens is 1. The summed E-state index contributed by atoms with van der Waals surface area (Å²) in [5, 5.41) is 18.2. The van der Waals surface area contributed by atoms with Crippen molar-refractivity contribution in [1.82, 2.24) is 14.8 Å². The molecule has 0 saturated heterocycles. The van der Waals surface area contributed by atoms with Gasteiger partial charge in [-0.05, 0) is 41.1 Å². The third-order valence-corrected chi connectivity index (χ3v) is 5.10. The zero-order valence-electron chi connectivity index (χ0n) is 16.1. The summed E-state index contributed by atoms with van der Waals surface area (Å²) >= 11 is 0. The van der Waals surface area contributed by atoms with Crippen LogP contribution in [0.5, 0.6) is 0 Å². The molecular formula is C22H20FN3O3. The number of pyridine rings is 1. The average molecular weight is 393 g/mol. The number of fused-ring (bicyclic) bond motifs is 2. The lowest BCUT2D eigenvalue weighted by atomic mass is 9.91. The fourth-order valence-corrected chi connectivity index (χ4v) is 3.85. The van der Waals surface area contributed by atoms with Crippen LogP contribution >= 0.6 is 0 Å². The number of halogens is 1. The van der Waals surface area contributed by atoms with Gasteiger partial charge >= 0.3 is 5.97 Å². The van der Waals surface area contributed by atoms with Gasteiger partial charge in [0.1, 0.15) is 5.82 Å². The van der Waals surface area contributed by atoms with Gasteiger partial charge in [0.2, 0.25) is 0 Å². The van der Waals surface area contributed by atoms with Gasteiger partial charge in [-0.2, -0.15) is 5.10 Å². The van der Waals surface area contributed by atoms with E-state index in [0.29, 0.717) is 5.39 Å². The highest BCUT2D eigenvalue weighted by Gasteiger charge is 2.21. The monoisotopic (exact) mass is 393 g/mol. The maximum Gasteiger partial charge on any atom is 0.305 e. The van der Waals surface area contributed by atoms with Gasteiger partial charge in [0.15, 0.2) is 0 Å². The molecule has 0 amide bonds. The van der Waals surface area contributed by atoms with Crippen LogP contribution in [0.3, 0.4) is 0 Å². The second-order valence-electron chi connectivity index (χ2n) is 7.38. The van der Waals surface area contributed by atoms with Gasteiger partial charge in [0, 0.05) is 28.6 Å². The van der Waals surface area contributed by atoms with Crippen LogP contribution in [0.25, 0.3) is 32.8 Å². The number of aromatic amines is 1. The van der Waals surface area contributed by atoms with Gasteiger partial charge in [-0.3, -0.25) is 14.7 Å². The molecule has 4 aromatic rings. The van der Waals surface area contributed by atoms with Gasteiger partial charge in [-0.15, -0.1) is 0 Å². The third kappa shape index (κ3) is 3.29. The van der Waals surface area contributed by atoms with E-state index in [4.69, 9.17) is 5.11 Å². The van der Waals surface area contributed by atoms with Gasteiger partial charge in [-0.25, -0.2) is 4.39 Å². The second-order valence-corrected chi connectivity index (χ2v) is 7.38. The molecule has 0 fully saturated rings. The number of rotatable bonds is 5. The summed E-state index contributed by atoms with van der Waals surface area (Å²) in [7, 11) is 0. The molecule has 2 aromatic carbocycles. The quantitative estimate of drug-likeness (QED) is 0.530. The molecule has 0 aliphatic carbocycles. The third-order valence-electron chi connectivity index (χ3n) is 5.10. The van der Waals surface area contributed by atoms with Crippen molar-refractivity contribution in [3.05, 3.63) is 64.5 Å². The number of carbonyl (C=O) groups is 1. The molecule has 2 heterocycles. The predicted octanol–water partition coefficient (Wildman–Crippen LogP) is 4.28. The summed E-state index contributed by atoms with van der Waals surface area (Å²) in [6.07, 6.45) is 1.52. The number of carboxylic acids is 1. The van der Waals surface area contributed by atoms with E-state index in [1.807, 2.05) is 19.9 Å². The minimum atomic E-state index is -0.973. The number of hydrogen-bond donors (Lipinski definition) is 2. The summed E-state index contributed by atoms with van der Waals surface area (Å²) in [6, 6.07) is 9.78. The first-order chi connectivity index (χ1) is 13.9. The average Bonchev–Trinajstić information content (AvgIpc) is 3.14. The predicted molar refractivity (Wildman–Crippen MR) is 110 cm³/mol. The molecule has 7 heteroatoms. The van der Waals surface area contributed by atoms with Gasteiger partial charge in [0.25, 0.3) is 5.56 Å². The van der Waals surface area contributed by atoms with Crippen LogP contribution in [0.4, 0.5) is 4.39 Å². The molecule has 29 heavy (non-hydrogen) atoms. The Hall–Kier alpha value is -3.48. The highest BCUT2D eigenvalue weighted by molar-refractivity contribution is 6.04. The molecule has 0 spiro atoms. The number of benzene rings is 2. The first-order valence-corrected chi connectivity index (χ1v) is 9.38. The molecule has 0 aliphatic heterocycles. The van der Waals surface area contributed by atoms with Crippen molar-refractivity contribution < 1.29 is 14.3 Å². The molecule has 148 valence electrons. The first-order valence-electron chi connectivity index (χ1n) is 9.38. The first kappa shape index (κ1) is 18.9. The summed E-state index contributed by atoms with van der Waals surface area (Å²) in [5.41, 5.74) is 2.79. The van der Waals surface area contributed by atoms with E-state index >= 15 is 0 Å². The van der Waals surface area contributed by atoms with Gasteiger partial charge in [0.05, 0.1) is 18.1 Å². The minimum absolute atomic E-state index is 0.0546. The normalized spacial score (nSPS) is 11.6. The lowest BCUT2D eigenvalue weighted by Crippen LogP contribution is -2.27. The Morgan fingerprint density at radius 1 is 1.21 bits per heavy atom. The summed E-state index contributed by atoms with van der Waals surface area (Å²) in [6.45, 7) is 3.98. The highest BCUT2D eigenvalue weighted by atomic mass is 19.1. The Labute approximate surface area is 165 Å². The van der Waals surface area contributed by atoms with Crippen molar-refractivity contribution in [3.8, 4) is 11.1 Å². The molecule has 0 saturated carbocycles. The number of hydrogen-bond acceptors (Lipinski definition) is 3. The van der Waals surface area contributed by atoms with Crippen LogP contribution in [-0.4, -0.2) is 25.8 Å². The fourth-order valence-electron chi connectivity index (χ4n) is 3.85. The van der Waals surface area contributed by atoms with Crippen molar-refractivity contribution >= 4 is 27.6 Å². The number of nitrogens with zero attached hydrogens (tertiary/aromatic N) is 2. The van der Waals surface area contributed by atoms with E-state index in [-0.39, 0.29) is 30.3 Å². The zero-order chi connectivity index (χ0) is 20.7. The van der Waals surface area contributed by atoms with E-state index in [0.717, 1.165) is 33.1 Å². The second kappa shape index (κ2) is 7.16. The Balaban J connectivity index is 2.16. The number of carboxylic acid groups (broad SMARTS) is 1. The van der Waals surface area contributed by atoms with Crippen LogP contribution in [0.1, 0.15) is 31.9 Å². The van der Waals surface area contributed by atoms with E-state index in [9.17, 15) is 14.0 Å². The molecule has 0 aliphatic rings. The molecule has 6 nitrogen and oxygen atoms in total.